The molecule has 0 atom stereocenters. The molecule has 7 heteroatoms. The quantitative estimate of drug-likeness (QED) is 0.301. The van der Waals surface area contributed by atoms with Crippen LogP contribution in [0.5, 0.6) is 0 Å². The van der Waals surface area contributed by atoms with Gasteiger partial charge >= 0.3 is 53.3 Å². The van der Waals surface area contributed by atoms with Crippen LogP contribution in [0, 0.1) is 0 Å². The van der Waals surface area contributed by atoms with Gasteiger partial charge in [-0.05, 0) is 0 Å². The summed E-state index contributed by atoms with van der Waals surface area (Å²) in [6.07, 6.45) is 0. The van der Waals surface area contributed by atoms with Gasteiger partial charge in [0.2, 0.25) is 0 Å². The van der Waals surface area contributed by atoms with Gasteiger partial charge in [-0.25, -0.2) is 4.57 Å². The van der Waals surface area contributed by atoms with Gasteiger partial charge in [0.15, 0.2) is 0 Å². The van der Waals surface area contributed by atoms with Crippen molar-refractivity contribution >= 4 is 53.3 Å². The molecule has 0 aromatic carbocycles. The largest absolute Gasteiger partial charge is 2.00 e. The fourth-order valence-corrected chi connectivity index (χ4v) is 0. The van der Waals surface area contributed by atoms with Crippen LogP contribution in [0.25, 0.3) is 0 Å². The minimum atomic E-state index is -4.64. The molecule has 0 aliphatic heterocycles. The van der Waals surface area contributed by atoms with Gasteiger partial charge in [0.25, 0.3) is 0 Å². The Morgan fingerprint density at radius 2 is 1.29 bits per heavy atom. The first kappa shape index (κ1) is 15.8. The van der Waals surface area contributed by atoms with E-state index in [9.17, 15) is 0 Å². The third kappa shape index (κ3) is 96.8. The molecule has 0 radical (unpaired) electrons. The average molecular weight is 205 g/mol. The Bertz CT molecular complexity index is 64.7. The van der Waals surface area contributed by atoms with Crippen molar-refractivity contribution in [2.45, 2.75) is 0 Å². The van der Waals surface area contributed by atoms with Gasteiger partial charge in [0.05, 0.1) is 0 Å². The predicted molar refractivity (Wildman–Crippen MR) is 27.3 cm³/mol. The molecular formula is H8NO4PSr. The van der Waals surface area contributed by atoms with Crippen LogP contribution in [-0.4, -0.2) is 60.2 Å². The molecule has 0 heterocycles. The van der Waals surface area contributed by atoms with Gasteiger partial charge in [0.1, 0.15) is 0 Å². The third-order valence-corrected chi connectivity index (χ3v) is 0. The Morgan fingerprint density at radius 1 is 1.29 bits per heavy atom. The van der Waals surface area contributed by atoms with Crippen molar-refractivity contribution in [3.8, 4) is 0 Å². The van der Waals surface area contributed by atoms with E-state index in [2.05, 4.69) is 0 Å². The van der Waals surface area contributed by atoms with E-state index in [0.717, 1.165) is 0 Å². The van der Waals surface area contributed by atoms with Crippen molar-refractivity contribution in [3.63, 3.8) is 0 Å². The molecule has 0 spiro atoms. The number of hydrogen-bond acceptors (Lipinski definition) is 2. The second-order valence-electron chi connectivity index (χ2n) is 0.513. The number of hydrogen-bond donors (Lipinski definition) is 4. The van der Waals surface area contributed by atoms with Crippen LogP contribution < -0.4 is 6.15 Å². The summed E-state index contributed by atoms with van der Waals surface area (Å²) in [6.45, 7) is 0. The zero-order chi connectivity index (χ0) is 4.50. The summed E-state index contributed by atoms with van der Waals surface area (Å²) in [6, 6.07) is 0. The standard InChI is InChI=1S/H3N.H3O4P.Sr.2H/c;1-5(2,3)4;;;/h1H3;(H3,1,2,3,4);;;/q;;+2;2*-1. The fourth-order valence-electron chi connectivity index (χ4n) is 0. The molecule has 44 valence electrons. The molecule has 0 fully saturated rings. The van der Waals surface area contributed by atoms with E-state index in [1.54, 1.807) is 0 Å². The zero-order valence-corrected chi connectivity index (χ0v) is 7.98. The summed E-state index contributed by atoms with van der Waals surface area (Å²) >= 11 is 0. The monoisotopic (exact) mass is 205 g/mol. The molecule has 0 saturated heterocycles. The minimum Gasteiger partial charge on any atom is -1.00 e. The topological polar surface area (TPSA) is 113 Å². The molecule has 5 nitrogen and oxygen atoms in total. The Balaban J connectivity index is -0.0000000133. The summed E-state index contributed by atoms with van der Waals surface area (Å²) in [5.41, 5.74) is 0. The van der Waals surface area contributed by atoms with E-state index in [-0.39, 0.29) is 54.5 Å². The smallest absolute Gasteiger partial charge is 1.00 e. The maximum absolute atomic E-state index is 8.88. The molecule has 6 N–H and O–H groups in total. The Morgan fingerprint density at radius 3 is 1.29 bits per heavy atom. The first-order valence-corrected chi connectivity index (χ1v) is 2.35. The molecule has 0 unspecified atom stereocenters. The van der Waals surface area contributed by atoms with E-state index in [1.807, 2.05) is 0 Å². The fraction of sp³-hybridized carbons (Fsp3) is 0. The first-order valence-electron chi connectivity index (χ1n) is 0.783. The van der Waals surface area contributed by atoms with Gasteiger partial charge in [-0.15, -0.1) is 0 Å². The zero-order valence-electron chi connectivity index (χ0n) is 5.61. The van der Waals surface area contributed by atoms with Crippen LogP contribution >= 0.6 is 7.82 Å². The van der Waals surface area contributed by atoms with Gasteiger partial charge < -0.3 is 23.7 Å². The predicted octanol–water partition coefficient (Wildman–Crippen LogP) is -0.922. The molecular weight excluding hydrogens is 197 g/mol. The Labute approximate surface area is 80.8 Å². The Hall–Kier alpha value is 1.55. The van der Waals surface area contributed by atoms with E-state index in [1.165, 1.54) is 0 Å². The first-order chi connectivity index (χ1) is 2.00. The van der Waals surface area contributed by atoms with E-state index in [0.29, 0.717) is 0 Å². The SMILES string of the molecule is N.O=P(O)(O)O.[H-].[H-].[Sr+2]. The summed E-state index contributed by atoms with van der Waals surface area (Å²) in [5.74, 6) is 0. The van der Waals surface area contributed by atoms with Crippen molar-refractivity contribution in [2.24, 2.45) is 0 Å². The van der Waals surface area contributed by atoms with Gasteiger partial charge in [-0.3, -0.25) is 0 Å². The molecule has 0 saturated carbocycles. The van der Waals surface area contributed by atoms with Crippen molar-refractivity contribution < 1.29 is 22.1 Å². The van der Waals surface area contributed by atoms with Crippen molar-refractivity contribution in [1.29, 1.82) is 0 Å². The van der Waals surface area contributed by atoms with Gasteiger partial charge in [-0.1, -0.05) is 0 Å². The normalized spacial score (nSPS) is 8.43. The van der Waals surface area contributed by atoms with Crippen molar-refractivity contribution in [2.75, 3.05) is 0 Å². The maximum atomic E-state index is 8.88. The molecule has 0 aliphatic rings. The van der Waals surface area contributed by atoms with Crippen molar-refractivity contribution in [1.82, 2.24) is 6.15 Å². The molecule has 0 bridgehead atoms. The average Bonchev–Trinajstić information content (AvgIpc) is 0.722. The summed E-state index contributed by atoms with van der Waals surface area (Å²) < 4.78 is 8.88. The molecule has 0 aliphatic carbocycles. The Kier molecular flexibility index (Phi) is 12.8. The second kappa shape index (κ2) is 5.68. The third-order valence-electron chi connectivity index (χ3n) is 0. The molecule has 0 rings (SSSR count). The molecule has 7 heavy (non-hydrogen) atoms. The molecule has 0 aromatic rings. The van der Waals surface area contributed by atoms with E-state index < -0.39 is 7.82 Å². The van der Waals surface area contributed by atoms with E-state index in [4.69, 9.17) is 19.2 Å². The minimum absolute atomic E-state index is 0. The number of rotatable bonds is 0. The van der Waals surface area contributed by atoms with Crippen LogP contribution in [0.15, 0.2) is 0 Å². The van der Waals surface area contributed by atoms with Crippen LogP contribution in [-0.2, 0) is 4.57 Å². The van der Waals surface area contributed by atoms with Crippen LogP contribution in [0.3, 0.4) is 0 Å². The van der Waals surface area contributed by atoms with Crippen LogP contribution in [0.2, 0.25) is 0 Å². The van der Waals surface area contributed by atoms with Gasteiger partial charge in [-0.2, -0.15) is 0 Å². The van der Waals surface area contributed by atoms with Gasteiger partial charge in [0, 0.05) is 0 Å². The second-order valence-corrected chi connectivity index (χ2v) is 1.54. The molecule has 0 aromatic heterocycles. The van der Waals surface area contributed by atoms with Crippen LogP contribution in [0.4, 0.5) is 0 Å². The van der Waals surface area contributed by atoms with Crippen molar-refractivity contribution in [3.05, 3.63) is 0 Å². The maximum Gasteiger partial charge on any atom is 2.00 e. The van der Waals surface area contributed by atoms with E-state index >= 15 is 0 Å². The summed E-state index contributed by atoms with van der Waals surface area (Å²) in [4.78, 5) is 21.6. The van der Waals surface area contributed by atoms with Crippen LogP contribution in [0.1, 0.15) is 2.85 Å². The number of phosphoric acid groups is 1. The summed E-state index contributed by atoms with van der Waals surface area (Å²) in [7, 11) is -4.64. The summed E-state index contributed by atoms with van der Waals surface area (Å²) in [5, 5.41) is 0. The molecule has 0 amide bonds.